The molecule has 1 aromatic heterocycles. The molecule has 0 saturated heterocycles. The Morgan fingerprint density at radius 3 is 2.72 bits per heavy atom. The van der Waals surface area contributed by atoms with Crippen molar-refractivity contribution in [3.8, 4) is 6.07 Å². The maximum absolute atomic E-state index is 10.8. The minimum Gasteiger partial charge on any atom is -0.477 e. The van der Waals surface area contributed by atoms with Crippen molar-refractivity contribution in [1.29, 1.82) is 5.26 Å². The van der Waals surface area contributed by atoms with Crippen molar-refractivity contribution in [3.05, 3.63) is 18.1 Å². The van der Waals surface area contributed by atoms with E-state index in [1.165, 1.54) is 12.4 Å². The number of carboxylic acids is 1. The topological polar surface area (TPSA) is 98.9 Å². The van der Waals surface area contributed by atoms with Crippen LogP contribution in [0.25, 0.3) is 0 Å². The molecule has 0 spiro atoms. The molecule has 1 fully saturated rings. The number of aromatic carboxylic acids is 1. The van der Waals surface area contributed by atoms with Gasteiger partial charge in [-0.15, -0.1) is 0 Å². The normalized spacial score (nSPS) is 23.1. The summed E-state index contributed by atoms with van der Waals surface area (Å²) >= 11 is 0. The molecule has 0 atom stereocenters. The fraction of sp³-hybridized carbons (Fsp3) is 0.500. The molecule has 0 unspecified atom stereocenters. The molecule has 1 aliphatic rings. The Hall–Kier alpha value is -2.16. The monoisotopic (exact) mass is 246 g/mol. The fourth-order valence-electron chi connectivity index (χ4n) is 2.13. The summed E-state index contributed by atoms with van der Waals surface area (Å²) in [6.07, 6.45) is 4.82. The summed E-state index contributed by atoms with van der Waals surface area (Å²) < 4.78 is 0. The van der Waals surface area contributed by atoms with Gasteiger partial charge in [-0.3, -0.25) is 0 Å². The number of nitrogens with zero attached hydrogens (tertiary/aromatic N) is 3. The Balaban J connectivity index is 1.96. The molecule has 1 aromatic rings. The van der Waals surface area contributed by atoms with Crippen LogP contribution < -0.4 is 5.32 Å². The van der Waals surface area contributed by atoms with Crippen LogP contribution in [0, 0.1) is 17.2 Å². The van der Waals surface area contributed by atoms with Gasteiger partial charge in [0.15, 0.2) is 5.69 Å². The second-order valence-electron chi connectivity index (χ2n) is 4.42. The van der Waals surface area contributed by atoms with Gasteiger partial charge in [0.05, 0.1) is 6.07 Å². The Morgan fingerprint density at radius 1 is 1.39 bits per heavy atom. The maximum atomic E-state index is 10.8. The van der Waals surface area contributed by atoms with Gasteiger partial charge in [-0.1, -0.05) is 0 Å². The van der Waals surface area contributed by atoms with E-state index in [2.05, 4.69) is 21.4 Å². The van der Waals surface area contributed by atoms with Gasteiger partial charge in [0.2, 0.25) is 0 Å². The molecule has 0 aliphatic heterocycles. The number of hydrogen-bond donors (Lipinski definition) is 2. The molecule has 0 radical (unpaired) electrons. The first-order valence-corrected chi connectivity index (χ1v) is 5.90. The Labute approximate surface area is 105 Å². The van der Waals surface area contributed by atoms with E-state index in [0.717, 1.165) is 25.7 Å². The maximum Gasteiger partial charge on any atom is 0.354 e. The van der Waals surface area contributed by atoms with Crippen molar-refractivity contribution in [2.75, 3.05) is 5.32 Å². The summed E-state index contributed by atoms with van der Waals surface area (Å²) in [5, 5.41) is 20.8. The summed E-state index contributed by atoms with van der Waals surface area (Å²) in [6.45, 7) is 0. The molecule has 6 heteroatoms. The second kappa shape index (κ2) is 5.45. The number of nitrogens with one attached hydrogen (secondary N) is 1. The van der Waals surface area contributed by atoms with Crippen molar-refractivity contribution >= 4 is 11.8 Å². The van der Waals surface area contributed by atoms with E-state index in [-0.39, 0.29) is 17.7 Å². The SMILES string of the molecule is N#CC1CCC(Nc2cc(C(=O)O)ncn2)CC1. The van der Waals surface area contributed by atoms with Crippen molar-refractivity contribution < 1.29 is 9.90 Å². The van der Waals surface area contributed by atoms with Crippen LogP contribution in [0.1, 0.15) is 36.2 Å². The fourth-order valence-corrected chi connectivity index (χ4v) is 2.13. The summed E-state index contributed by atoms with van der Waals surface area (Å²) in [4.78, 5) is 18.4. The number of carboxylic acid groups (broad SMARTS) is 1. The average molecular weight is 246 g/mol. The van der Waals surface area contributed by atoms with Crippen LogP contribution in [0.4, 0.5) is 5.82 Å². The second-order valence-corrected chi connectivity index (χ2v) is 4.42. The van der Waals surface area contributed by atoms with Gasteiger partial charge in [-0.25, -0.2) is 14.8 Å². The molecular weight excluding hydrogens is 232 g/mol. The first-order chi connectivity index (χ1) is 8.69. The van der Waals surface area contributed by atoms with E-state index >= 15 is 0 Å². The van der Waals surface area contributed by atoms with Crippen molar-refractivity contribution in [3.63, 3.8) is 0 Å². The van der Waals surface area contributed by atoms with E-state index in [0.29, 0.717) is 5.82 Å². The van der Waals surface area contributed by atoms with Gasteiger partial charge in [0, 0.05) is 18.0 Å². The van der Waals surface area contributed by atoms with Gasteiger partial charge in [0.1, 0.15) is 12.1 Å². The lowest BCUT2D eigenvalue weighted by Gasteiger charge is -2.25. The Morgan fingerprint density at radius 2 is 2.11 bits per heavy atom. The largest absolute Gasteiger partial charge is 0.477 e. The summed E-state index contributed by atoms with van der Waals surface area (Å²) in [5.74, 6) is -0.375. The van der Waals surface area contributed by atoms with Crippen molar-refractivity contribution in [2.24, 2.45) is 5.92 Å². The van der Waals surface area contributed by atoms with Crippen LogP contribution >= 0.6 is 0 Å². The standard InChI is InChI=1S/C12H14N4O2/c13-6-8-1-3-9(4-2-8)16-11-5-10(12(17)18)14-7-15-11/h5,7-9H,1-4H2,(H,17,18)(H,14,15,16). The van der Waals surface area contributed by atoms with E-state index < -0.39 is 5.97 Å². The van der Waals surface area contributed by atoms with Gasteiger partial charge in [-0.05, 0) is 25.7 Å². The van der Waals surface area contributed by atoms with E-state index in [4.69, 9.17) is 10.4 Å². The molecule has 18 heavy (non-hydrogen) atoms. The van der Waals surface area contributed by atoms with Crippen LogP contribution in [0.2, 0.25) is 0 Å². The molecule has 0 amide bonds. The Bertz CT molecular complexity index is 475. The Kier molecular flexibility index (Phi) is 3.72. The summed E-state index contributed by atoms with van der Waals surface area (Å²) in [7, 11) is 0. The minimum atomic E-state index is -1.06. The third-order valence-electron chi connectivity index (χ3n) is 3.15. The number of rotatable bonds is 3. The zero-order chi connectivity index (χ0) is 13.0. The molecule has 1 aliphatic carbocycles. The highest BCUT2D eigenvalue weighted by Crippen LogP contribution is 2.25. The van der Waals surface area contributed by atoms with Crippen LogP contribution in [0.15, 0.2) is 12.4 Å². The summed E-state index contributed by atoms with van der Waals surface area (Å²) in [5.41, 5.74) is -0.0155. The highest BCUT2D eigenvalue weighted by Gasteiger charge is 2.21. The molecule has 2 rings (SSSR count). The highest BCUT2D eigenvalue weighted by molar-refractivity contribution is 5.86. The molecule has 94 valence electrons. The first kappa shape index (κ1) is 12.3. The third kappa shape index (κ3) is 2.94. The number of hydrogen-bond acceptors (Lipinski definition) is 5. The van der Waals surface area contributed by atoms with Gasteiger partial charge >= 0.3 is 5.97 Å². The van der Waals surface area contributed by atoms with Crippen LogP contribution in [0.5, 0.6) is 0 Å². The average Bonchev–Trinajstić information content (AvgIpc) is 2.40. The van der Waals surface area contributed by atoms with Crippen LogP contribution in [-0.2, 0) is 0 Å². The lowest BCUT2D eigenvalue weighted by molar-refractivity contribution is 0.0690. The van der Waals surface area contributed by atoms with Crippen LogP contribution in [0.3, 0.4) is 0 Å². The van der Waals surface area contributed by atoms with Gasteiger partial charge < -0.3 is 10.4 Å². The van der Waals surface area contributed by atoms with Gasteiger partial charge in [-0.2, -0.15) is 5.26 Å². The minimum absolute atomic E-state index is 0.0155. The summed E-state index contributed by atoms with van der Waals surface area (Å²) in [6, 6.07) is 3.97. The van der Waals surface area contributed by atoms with E-state index in [1.807, 2.05) is 0 Å². The molecule has 6 nitrogen and oxygen atoms in total. The lowest BCUT2D eigenvalue weighted by Crippen LogP contribution is -2.26. The van der Waals surface area contributed by atoms with Crippen molar-refractivity contribution in [1.82, 2.24) is 9.97 Å². The molecule has 1 saturated carbocycles. The quantitative estimate of drug-likeness (QED) is 0.841. The van der Waals surface area contributed by atoms with E-state index in [1.54, 1.807) is 0 Å². The lowest BCUT2D eigenvalue weighted by atomic mass is 9.87. The van der Waals surface area contributed by atoms with E-state index in [9.17, 15) is 4.79 Å². The number of carbonyl (C=O) groups is 1. The molecule has 1 heterocycles. The predicted octanol–water partition coefficient (Wildman–Crippen LogP) is 1.67. The zero-order valence-corrected chi connectivity index (χ0v) is 9.83. The molecule has 2 N–H and O–H groups in total. The first-order valence-electron chi connectivity index (χ1n) is 5.90. The van der Waals surface area contributed by atoms with Crippen molar-refractivity contribution in [2.45, 2.75) is 31.7 Å². The zero-order valence-electron chi connectivity index (χ0n) is 9.83. The molecular formula is C12H14N4O2. The molecule has 0 aromatic carbocycles. The number of anilines is 1. The number of aromatic nitrogens is 2. The van der Waals surface area contributed by atoms with Gasteiger partial charge in [0.25, 0.3) is 0 Å². The smallest absolute Gasteiger partial charge is 0.354 e. The van der Waals surface area contributed by atoms with Crippen LogP contribution in [-0.4, -0.2) is 27.1 Å². The highest BCUT2D eigenvalue weighted by atomic mass is 16.4. The number of nitriles is 1. The molecule has 0 bridgehead atoms. The third-order valence-corrected chi connectivity index (χ3v) is 3.15. The predicted molar refractivity (Wildman–Crippen MR) is 64.0 cm³/mol.